The van der Waals surface area contributed by atoms with Crippen molar-refractivity contribution in [2.45, 2.75) is 30.7 Å². The largest absolute Gasteiger partial charge is 0.387 e. The Morgan fingerprint density at radius 2 is 1.58 bits per heavy atom. The van der Waals surface area contributed by atoms with E-state index in [-0.39, 0.29) is 6.29 Å². The summed E-state index contributed by atoms with van der Waals surface area (Å²) in [5.41, 5.74) is 0. The lowest BCUT2D eigenvalue weighted by Crippen LogP contribution is -2.57. The van der Waals surface area contributed by atoms with E-state index in [1.807, 2.05) is 0 Å². The van der Waals surface area contributed by atoms with Gasteiger partial charge in [0.25, 0.3) is 0 Å². The van der Waals surface area contributed by atoms with Crippen LogP contribution >= 0.6 is 0 Å². The minimum Gasteiger partial charge on any atom is -0.387 e. The summed E-state index contributed by atoms with van der Waals surface area (Å²) < 4.78 is 4.46. The van der Waals surface area contributed by atoms with Crippen molar-refractivity contribution in [2.75, 3.05) is 0 Å². The summed E-state index contributed by atoms with van der Waals surface area (Å²) in [6, 6.07) is 0. The molecule has 0 radical (unpaired) electrons. The molecule has 0 saturated carbocycles. The fourth-order valence-corrected chi connectivity index (χ4v) is 1.000. The number of rotatable bonds is 1. The van der Waals surface area contributed by atoms with Crippen LogP contribution in [0.1, 0.15) is 0 Å². The maximum atomic E-state index is 10.2. The van der Waals surface area contributed by atoms with E-state index in [9.17, 15) is 4.79 Å². The third-order valence-corrected chi connectivity index (χ3v) is 1.76. The van der Waals surface area contributed by atoms with E-state index in [0.29, 0.717) is 0 Å². The summed E-state index contributed by atoms with van der Waals surface area (Å²) >= 11 is 0. The van der Waals surface area contributed by atoms with Crippen molar-refractivity contribution in [1.82, 2.24) is 0 Å². The summed E-state index contributed by atoms with van der Waals surface area (Å²) in [6.07, 6.45) is -7.33. The second kappa shape index (κ2) is 3.46. The van der Waals surface area contributed by atoms with Gasteiger partial charge in [-0.25, -0.2) is 0 Å². The number of carbonyl (C=O) groups is 1. The molecule has 1 aliphatic heterocycles. The maximum Gasteiger partial charge on any atom is 0.184 e. The van der Waals surface area contributed by atoms with Crippen molar-refractivity contribution in [1.29, 1.82) is 0 Å². The third kappa shape index (κ3) is 1.47. The molecular formula is C6H10O6. The zero-order valence-electron chi connectivity index (χ0n) is 6.07. The van der Waals surface area contributed by atoms with Gasteiger partial charge >= 0.3 is 0 Å². The average molecular weight is 178 g/mol. The Kier molecular flexibility index (Phi) is 2.76. The molecule has 0 aromatic heterocycles. The Balaban J connectivity index is 2.70. The minimum absolute atomic E-state index is 0.253. The first-order valence-electron chi connectivity index (χ1n) is 3.41. The molecule has 1 heterocycles. The van der Waals surface area contributed by atoms with Gasteiger partial charge < -0.3 is 30.0 Å². The first kappa shape index (κ1) is 9.56. The monoisotopic (exact) mass is 178 g/mol. The van der Waals surface area contributed by atoms with Crippen LogP contribution in [0, 0.1) is 0 Å². The highest BCUT2D eigenvalue weighted by molar-refractivity contribution is 5.57. The highest BCUT2D eigenvalue weighted by Crippen LogP contribution is 2.18. The lowest BCUT2D eigenvalue weighted by Gasteiger charge is -2.35. The number of ether oxygens (including phenoxy) is 1. The topological polar surface area (TPSA) is 107 Å². The Hall–Kier alpha value is -0.530. The van der Waals surface area contributed by atoms with Gasteiger partial charge in [0, 0.05) is 0 Å². The number of carbonyl (C=O) groups excluding carboxylic acids is 1. The zero-order chi connectivity index (χ0) is 9.30. The van der Waals surface area contributed by atoms with Crippen LogP contribution in [0.4, 0.5) is 0 Å². The summed E-state index contributed by atoms with van der Waals surface area (Å²) in [5.74, 6) is 0. The molecule has 1 aliphatic rings. The molecular weight excluding hydrogens is 168 g/mol. The summed E-state index contributed by atoms with van der Waals surface area (Å²) in [7, 11) is 0. The fourth-order valence-electron chi connectivity index (χ4n) is 1.000. The number of aliphatic hydroxyl groups excluding tert-OH is 4. The zero-order valence-corrected chi connectivity index (χ0v) is 6.07. The van der Waals surface area contributed by atoms with E-state index in [0.717, 1.165) is 0 Å². The molecule has 0 aromatic carbocycles. The number of hydrogen-bond acceptors (Lipinski definition) is 6. The van der Waals surface area contributed by atoms with E-state index < -0.39 is 30.7 Å². The standard InChI is InChI=1S/C6H10O6/c7-1-2-3(8)4(9)5(10)6(11)12-2/h1-6,8-11H/t2?,3-,4?,5?,6-/m1/s1. The predicted octanol–water partition coefficient (Wildman–Crippen LogP) is -3.01. The van der Waals surface area contributed by atoms with Gasteiger partial charge in [0.15, 0.2) is 12.6 Å². The smallest absolute Gasteiger partial charge is 0.184 e. The second-order valence-electron chi connectivity index (χ2n) is 2.60. The first-order chi connectivity index (χ1) is 5.57. The van der Waals surface area contributed by atoms with Gasteiger partial charge in [0.2, 0.25) is 0 Å². The molecule has 6 heteroatoms. The van der Waals surface area contributed by atoms with Gasteiger partial charge in [0.1, 0.15) is 24.4 Å². The average Bonchev–Trinajstić information content (AvgIpc) is 2.08. The van der Waals surface area contributed by atoms with Crippen LogP contribution in [0.2, 0.25) is 0 Å². The third-order valence-electron chi connectivity index (χ3n) is 1.76. The van der Waals surface area contributed by atoms with Crippen LogP contribution in [-0.4, -0.2) is 57.4 Å². The van der Waals surface area contributed by atoms with Crippen molar-refractivity contribution < 1.29 is 30.0 Å². The molecule has 1 saturated heterocycles. The molecule has 1 rings (SSSR count). The molecule has 4 N–H and O–H groups in total. The first-order valence-corrected chi connectivity index (χ1v) is 3.41. The molecule has 0 amide bonds. The second-order valence-corrected chi connectivity index (χ2v) is 2.60. The van der Waals surface area contributed by atoms with Gasteiger partial charge in [-0.15, -0.1) is 0 Å². The highest BCUT2D eigenvalue weighted by Gasteiger charge is 2.42. The Bertz CT molecular complexity index is 171. The molecule has 12 heavy (non-hydrogen) atoms. The van der Waals surface area contributed by atoms with Crippen LogP contribution in [0.5, 0.6) is 0 Å². The van der Waals surface area contributed by atoms with E-state index in [1.165, 1.54) is 0 Å². The normalized spacial score (nSPS) is 48.8. The van der Waals surface area contributed by atoms with Crippen LogP contribution < -0.4 is 0 Å². The molecule has 70 valence electrons. The molecule has 0 spiro atoms. The molecule has 6 nitrogen and oxygen atoms in total. The molecule has 0 aromatic rings. The van der Waals surface area contributed by atoms with Crippen molar-refractivity contribution in [3.05, 3.63) is 0 Å². The predicted molar refractivity (Wildman–Crippen MR) is 35.0 cm³/mol. The lowest BCUT2D eigenvalue weighted by molar-refractivity contribution is -0.272. The van der Waals surface area contributed by atoms with Gasteiger partial charge in [-0.2, -0.15) is 0 Å². The van der Waals surface area contributed by atoms with Crippen molar-refractivity contribution in [3.63, 3.8) is 0 Å². The van der Waals surface area contributed by atoms with Crippen molar-refractivity contribution >= 4 is 6.29 Å². The summed E-state index contributed by atoms with van der Waals surface area (Å²) in [6.45, 7) is 0. The Morgan fingerprint density at radius 1 is 1.00 bits per heavy atom. The van der Waals surface area contributed by atoms with Gasteiger partial charge in [-0.1, -0.05) is 0 Å². The lowest BCUT2D eigenvalue weighted by atomic mass is 10.00. The molecule has 5 atom stereocenters. The summed E-state index contributed by atoms with van der Waals surface area (Å²) in [5, 5.41) is 35.9. The fraction of sp³-hybridized carbons (Fsp3) is 0.833. The van der Waals surface area contributed by atoms with Crippen LogP contribution in [0.25, 0.3) is 0 Å². The molecule has 1 fully saturated rings. The number of hydrogen-bond donors (Lipinski definition) is 4. The summed E-state index contributed by atoms with van der Waals surface area (Å²) in [4.78, 5) is 10.2. The van der Waals surface area contributed by atoms with E-state index in [1.54, 1.807) is 0 Å². The van der Waals surface area contributed by atoms with Crippen LogP contribution in [-0.2, 0) is 9.53 Å². The molecule has 0 bridgehead atoms. The van der Waals surface area contributed by atoms with E-state index in [2.05, 4.69) is 4.74 Å². The van der Waals surface area contributed by atoms with Gasteiger partial charge in [0.05, 0.1) is 0 Å². The Labute approximate surface area is 68.0 Å². The van der Waals surface area contributed by atoms with Gasteiger partial charge in [-0.05, 0) is 0 Å². The number of aliphatic hydroxyl groups is 4. The quantitative estimate of drug-likeness (QED) is 0.318. The molecule has 3 unspecified atom stereocenters. The SMILES string of the molecule is O=CC1O[C@@H](O)C(O)C(O)[C@@H]1O. The van der Waals surface area contributed by atoms with E-state index >= 15 is 0 Å². The molecule has 0 aliphatic carbocycles. The highest BCUT2D eigenvalue weighted by atomic mass is 16.6. The van der Waals surface area contributed by atoms with Gasteiger partial charge in [-0.3, -0.25) is 0 Å². The van der Waals surface area contributed by atoms with Crippen LogP contribution in [0.3, 0.4) is 0 Å². The van der Waals surface area contributed by atoms with Crippen molar-refractivity contribution in [3.8, 4) is 0 Å². The Morgan fingerprint density at radius 3 is 2.08 bits per heavy atom. The van der Waals surface area contributed by atoms with E-state index in [4.69, 9.17) is 20.4 Å². The van der Waals surface area contributed by atoms with Crippen LogP contribution in [0.15, 0.2) is 0 Å². The maximum absolute atomic E-state index is 10.2. The minimum atomic E-state index is -1.64. The number of aldehydes is 1. The van der Waals surface area contributed by atoms with Crippen molar-refractivity contribution in [2.24, 2.45) is 0 Å².